The molecule has 0 aliphatic carbocycles. The molecular weight excluding hydrogens is 308 g/mol. The van der Waals surface area contributed by atoms with Crippen LogP contribution in [0.2, 0.25) is 0 Å². The van der Waals surface area contributed by atoms with Crippen LogP contribution in [0.4, 0.5) is 0 Å². The summed E-state index contributed by atoms with van der Waals surface area (Å²) in [4.78, 5) is 12.6. The Kier molecular flexibility index (Phi) is 3.80. The first-order chi connectivity index (χ1) is 8.95. The number of methoxy groups -OCH3 is 1. The van der Waals surface area contributed by atoms with Crippen molar-refractivity contribution in [3.05, 3.63) is 50.9 Å². The summed E-state index contributed by atoms with van der Waals surface area (Å²) in [6.07, 6.45) is 1.48. The molecule has 4 heteroatoms. The van der Waals surface area contributed by atoms with Gasteiger partial charge < -0.3 is 9.15 Å². The fourth-order valence-electron chi connectivity index (χ4n) is 2.09. The van der Waals surface area contributed by atoms with Crippen LogP contribution in [0, 0.1) is 20.8 Å². The van der Waals surface area contributed by atoms with Crippen molar-refractivity contribution in [2.24, 2.45) is 0 Å². The van der Waals surface area contributed by atoms with Gasteiger partial charge in [0.15, 0.2) is 5.78 Å². The van der Waals surface area contributed by atoms with Gasteiger partial charge in [-0.3, -0.25) is 4.79 Å². The summed E-state index contributed by atoms with van der Waals surface area (Å²) in [5.41, 5.74) is 2.90. The van der Waals surface area contributed by atoms with Crippen LogP contribution in [0.15, 0.2) is 27.3 Å². The average Bonchev–Trinajstić information content (AvgIpc) is 2.79. The molecular formula is C15H15BrO3. The Balaban J connectivity index is 2.64. The van der Waals surface area contributed by atoms with E-state index >= 15 is 0 Å². The third kappa shape index (κ3) is 2.45. The molecule has 0 atom stereocenters. The van der Waals surface area contributed by atoms with Gasteiger partial charge in [0, 0.05) is 4.47 Å². The van der Waals surface area contributed by atoms with E-state index in [1.165, 1.54) is 6.26 Å². The van der Waals surface area contributed by atoms with E-state index in [-0.39, 0.29) is 5.78 Å². The van der Waals surface area contributed by atoms with E-state index in [0.29, 0.717) is 22.6 Å². The van der Waals surface area contributed by atoms with Crippen LogP contribution in [0.5, 0.6) is 5.75 Å². The Morgan fingerprint density at radius 2 is 1.95 bits per heavy atom. The number of aryl methyl sites for hydroxylation is 2. The van der Waals surface area contributed by atoms with Crippen LogP contribution in [0.1, 0.15) is 32.8 Å². The maximum atomic E-state index is 12.6. The standard InChI is InChI=1S/C15H15BrO3/c1-8-5-12(16)10(3)13(15(8)18-4)14(17)11-6-9(2)19-7-11/h5-7H,1-4H3. The molecule has 0 amide bonds. The normalized spacial score (nSPS) is 10.6. The topological polar surface area (TPSA) is 39.4 Å². The molecule has 0 fully saturated rings. The van der Waals surface area contributed by atoms with Crippen molar-refractivity contribution < 1.29 is 13.9 Å². The maximum absolute atomic E-state index is 12.6. The van der Waals surface area contributed by atoms with E-state index in [0.717, 1.165) is 15.6 Å². The van der Waals surface area contributed by atoms with Gasteiger partial charge in [-0.2, -0.15) is 0 Å². The van der Waals surface area contributed by atoms with E-state index in [4.69, 9.17) is 9.15 Å². The molecule has 0 bridgehead atoms. The monoisotopic (exact) mass is 322 g/mol. The Morgan fingerprint density at radius 1 is 1.26 bits per heavy atom. The lowest BCUT2D eigenvalue weighted by Crippen LogP contribution is -2.07. The van der Waals surface area contributed by atoms with Crippen LogP contribution >= 0.6 is 15.9 Å². The van der Waals surface area contributed by atoms with Crippen molar-refractivity contribution in [1.29, 1.82) is 0 Å². The van der Waals surface area contributed by atoms with Crippen molar-refractivity contribution >= 4 is 21.7 Å². The lowest BCUT2D eigenvalue weighted by molar-refractivity contribution is 0.103. The molecule has 0 saturated heterocycles. The lowest BCUT2D eigenvalue weighted by atomic mass is 9.97. The molecule has 19 heavy (non-hydrogen) atoms. The third-order valence-electron chi connectivity index (χ3n) is 3.09. The number of halogens is 1. The van der Waals surface area contributed by atoms with Crippen molar-refractivity contribution in [1.82, 2.24) is 0 Å². The molecule has 1 heterocycles. The second-order valence-electron chi connectivity index (χ2n) is 4.48. The number of ketones is 1. The van der Waals surface area contributed by atoms with E-state index in [2.05, 4.69) is 15.9 Å². The van der Waals surface area contributed by atoms with Gasteiger partial charge in [0.2, 0.25) is 0 Å². The van der Waals surface area contributed by atoms with E-state index < -0.39 is 0 Å². The molecule has 1 aromatic heterocycles. The molecule has 0 unspecified atom stereocenters. The zero-order valence-corrected chi connectivity index (χ0v) is 12.9. The minimum atomic E-state index is -0.0874. The number of hydrogen-bond acceptors (Lipinski definition) is 3. The molecule has 0 aliphatic rings. The fourth-order valence-corrected chi connectivity index (χ4v) is 2.64. The summed E-state index contributed by atoms with van der Waals surface area (Å²) < 4.78 is 11.5. The molecule has 0 N–H and O–H groups in total. The predicted octanol–water partition coefficient (Wildman–Crippen LogP) is 4.21. The van der Waals surface area contributed by atoms with Crippen LogP contribution in [-0.4, -0.2) is 12.9 Å². The maximum Gasteiger partial charge on any atom is 0.200 e. The highest BCUT2D eigenvalue weighted by molar-refractivity contribution is 9.10. The Bertz CT molecular complexity index is 641. The Morgan fingerprint density at radius 3 is 2.47 bits per heavy atom. The summed E-state index contributed by atoms with van der Waals surface area (Å²) in [6, 6.07) is 3.68. The molecule has 3 nitrogen and oxygen atoms in total. The van der Waals surface area contributed by atoms with E-state index in [1.54, 1.807) is 13.2 Å². The largest absolute Gasteiger partial charge is 0.496 e. The second-order valence-corrected chi connectivity index (χ2v) is 5.34. The Hall–Kier alpha value is -1.55. The van der Waals surface area contributed by atoms with Gasteiger partial charge in [-0.1, -0.05) is 15.9 Å². The number of furan rings is 1. The van der Waals surface area contributed by atoms with E-state index in [9.17, 15) is 4.79 Å². The smallest absolute Gasteiger partial charge is 0.200 e. The van der Waals surface area contributed by atoms with Crippen molar-refractivity contribution in [3.8, 4) is 5.75 Å². The van der Waals surface area contributed by atoms with Gasteiger partial charge in [-0.25, -0.2) is 0 Å². The first-order valence-electron chi connectivity index (χ1n) is 5.89. The van der Waals surface area contributed by atoms with Crippen molar-refractivity contribution in [3.63, 3.8) is 0 Å². The summed E-state index contributed by atoms with van der Waals surface area (Å²) in [5, 5.41) is 0. The highest BCUT2D eigenvalue weighted by Gasteiger charge is 2.22. The minimum absolute atomic E-state index is 0.0874. The number of ether oxygens (including phenoxy) is 1. The third-order valence-corrected chi connectivity index (χ3v) is 3.91. The Labute approximate surface area is 120 Å². The number of carbonyl (C=O) groups is 1. The molecule has 2 aromatic rings. The molecule has 0 radical (unpaired) electrons. The van der Waals surface area contributed by atoms with Gasteiger partial charge in [0.05, 0.1) is 18.2 Å². The van der Waals surface area contributed by atoms with Crippen LogP contribution in [0.25, 0.3) is 0 Å². The summed E-state index contributed by atoms with van der Waals surface area (Å²) >= 11 is 3.48. The molecule has 1 aromatic carbocycles. The first kappa shape index (κ1) is 13.9. The number of rotatable bonds is 3. The molecule has 2 rings (SSSR count). The summed E-state index contributed by atoms with van der Waals surface area (Å²) in [5.74, 6) is 1.24. The van der Waals surface area contributed by atoms with Crippen molar-refractivity contribution in [2.75, 3.05) is 7.11 Å². The van der Waals surface area contributed by atoms with E-state index in [1.807, 2.05) is 26.8 Å². The van der Waals surface area contributed by atoms with Gasteiger partial charge in [0.1, 0.15) is 17.8 Å². The molecule has 0 spiro atoms. The quantitative estimate of drug-likeness (QED) is 0.795. The average molecular weight is 323 g/mol. The molecule has 0 aliphatic heterocycles. The number of benzene rings is 1. The highest BCUT2D eigenvalue weighted by Crippen LogP contribution is 2.34. The van der Waals surface area contributed by atoms with Gasteiger partial charge >= 0.3 is 0 Å². The number of hydrogen-bond donors (Lipinski definition) is 0. The fraction of sp³-hybridized carbons (Fsp3) is 0.267. The van der Waals surface area contributed by atoms with Gasteiger partial charge in [-0.15, -0.1) is 0 Å². The predicted molar refractivity (Wildman–Crippen MR) is 77.0 cm³/mol. The van der Waals surface area contributed by atoms with Crippen molar-refractivity contribution in [2.45, 2.75) is 20.8 Å². The number of carbonyl (C=O) groups excluding carboxylic acids is 1. The zero-order valence-electron chi connectivity index (χ0n) is 11.3. The first-order valence-corrected chi connectivity index (χ1v) is 6.68. The van der Waals surface area contributed by atoms with Crippen LogP contribution < -0.4 is 4.74 Å². The minimum Gasteiger partial charge on any atom is -0.496 e. The molecule has 0 saturated carbocycles. The van der Waals surface area contributed by atoms with Crippen LogP contribution in [-0.2, 0) is 0 Å². The zero-order chi connectivity index (χ0) is 14.2. The second kappa shape index (κ2) is 5.21. The lowest BCUT2D eigenvalue weighted by Gasteiger charge is -2.14. The summed E-state index contributed by atoms with van der Waals surface area (Å²) in [6.45, 7) is 5.62. The van der Waals surface area contributed by atoms with Crippen LogP contribution in [0.3, 0.4) is 0 Å². The van der Waals surface area contributed by atoms with Gasteiger partial charge in [-0.05, 0) is 44.0 Å². The highest BCUT2D eigenvalue weighted by atomic mass is 79.9. The summed E-state index contributed by atoms with van der Waals surface area (Å²) in [7, 11) is 1.58. The SMILES string of the molecule is COc1c(C)cc(Br)c(C)c1C(=O)c1coc(C)c1. The molecule has 100 valence electrons. The van der Waals surface area contributed by atoms with Gasteiger partial charge in [0.25, 0.3) is 0 Å².